The molecule has 0 atom stereocenters. The number of carbonyl (C=O) groups is 1. The molecule has 0 aromatic heterocycles. The lowest BCUT2D eigenvalue weighted by Crippen LogP contribution is -2.49. The maximum atomic E-state index is 12.9. The number of hydrogen-bond donors (Lipinski definition) is 0. The number of rotatable bonds is 3. The molecule has 0 aliphatic carbocycles. The lowest BCUT2D eigenvalue weighted by molar-refractivity contribution is -0.384. The number of carbonyl (C=O) groups excluding carboxylic acids is 1. The van der Waals surface area contributed by atoms with Crippen LogP contribution in [0.1, 0.15) is 27.0 Å². The van der Waals surface area contributed by atoms with E-state index in [9.17, 15) is 28.1 Å². The summed E-state index contributed by atoms with van der Waals surface area (Å²) in [6.45, 7) is 5.04. The molecule has 1 aliphatic rings. The smallest absolute Gasteiger partial charge is 0.362 e. The van der Waals surface area contributed by atoms with Gasteiger partial charge in [0.25, 0.3) is 11.6 Å². The van der Waals surface area contributed by atoms with E-state index in [0.29, 0.717) is 37.8 Å². The summed E-state index contributed by atoms with van der Waals surface area (Å²) in [7, 11) is 0. The molecule has 0 saturated carbocycles. The van der Waals surface area contributed by atoms with E-state index in [2.05, 4.69) is 0 Å². The third-order valence-electron chi connectivity index (χ3n) is 5.02. The van der Waals surface area contributed by atoms with Gasteiger partial charge in [-0.25, -0.2) is 0 Å². The van der Waals surface area contributed by atoms with Crippen LogP contribution in [0.2, 0.25) is 0 Å². The summed E-state index contributed by atoms with van der Waals surface area (Å²) in [6.07, 6.45) is -4.65. The van der Waals surface area contributed by atoms with Gasteiger partial charge >= 0.3 is 6.18 Å². The normalized spacial score (nSPS) is 14.8. The van der Waals surface area contributed by atoms with Gasteiger partial charge in [-0.1, -0.05) is 17.7 Å². The quantitative estimate of drug-likeness (QED) is 0.565. The first kappa shape index (κ1) is 20.6. The van der Waals surface area contributed by atoms with Gasteiger partial charge in [-0.05, 0) is 37.6 Å². The van der Waals surface area contributed by atoms with Crippen LogP contribution in [0, 0.1) is 24.0 Å². The fourth-order valence-electron chi connectivity index (χ4n) is 3.49. The van der Waals surface area contributed by atoms with Crippen LogP contribution in [0.25, 0.3) is 0 Å². The molecule has 0 unspecified atom stereocenters. The maximum absolute atomic E-state index is 12.9. The fourth-order valence-corrected chi connectivity index (χ4v) is 3.49. The monoisotopic (exact) mass is 407 g/mol. The van der Waals surface area contributed by atoms with Crippen molar-refractivity contribution >= 4 is 17.3 Å². The number of anilines is 1. The molecular weight excluding hydrogens is 387 g/mol. The Bertz CT molecular complexity index is 952. The summed E-state index contributed by atoms with van der Waals surface area (Å²) in [5.41, 5.74) is 1.01. The molecule has 2 aromatic rings. The molecule has 1 fully saturated rings. The van der Waals surface area contributed by atoms with Crippen molar-refractivity contribution in [3.8, 4) is 0 Å². The van der Waals surface area contributed by atoms with Crippen molar-refractivity contribution in [2.75, 3.05) is 31.1 Å². The Morgan fingerprint density at radius 1 is 1.03 bits per heavy atom. The number of nitrogens with zero attached hydrogens (tertiary/aromatic N) is 3. The summed E-state index contributed by atoms with van der Waals surface area (Å²) in [6, 6.07) is 8.10. The van der Waals surface area contributed by atoms with Gasteiger partial charge < -0.3 is 9.80 Å². The Morgan fingerprint density at radius 2 is 1.69 bits per heavy atom. The van der Waals surface area contributed by atoms with E-state index in [-0.39, 0.29) is 11.6 Å². The molecule has 3 rings (SSSR count). The van der Waals surface area contributed by atoms with E-state index < -0.39 is 22.4 Å². The Labute approximate surface area is 165 Å². The zero-order valence-electron chi connectivity index (χ0n) is 16.0. The van der Waals surface area contributed by atoms with E-state index >= 15 is 0 Å². The molecule has 154 valence electrons. The zero-order chi connectivity index (χ0) is 21.3. The minimum Gasteiger partial charge on any atom is -0.362 e. The number of benzene rings is 2. The first-order chi connectivity index (χ1) is 13.6. The summed E-state index contributed by atoms with van der Waals surface area (Å²) in [4.78, 5) is 26.6. The maximum Gasteiger partial charge on any atom is 0.416 e. The van der Waals surface area contributed by atoms with Gasteiger partial charge in [-0.2, -0.15) is 13.2 Å². The van der Waals surface area contributed by atoms with E-state index in [1.807, 2.05) is 26.0 Å². The zero-order valence-corrected chi connectivity index (χ0v) is 16.0. The predicted octanol–water partition coefficient (Wildman–Crippen LogP) is 4.19. The number of halogens is 3. The molecule has 0 bridgehead atoms. The number of alkyl halides is 3. The van der Waals surface area contributed by atoms with Crippen molar-refractivity contribution in [3.63, 3.8) is 0 Å². The summed E-state index contributed by atoms with van der Waals surface area (Å²) in [5, 5.41) is 11.3. The molecule has 1 heterocycles. The summed E-state index contributed by atoms with van der Waals surface area (Å²) >= 11 is 0. The lowest BCUT2D eigenvalue weighted by atomic mass is 10.0. The third kappa shape index (κ3) is 4.33. The highest BCUT2D eigenvalue weighted by Gasteiger charge is 2.34. The number of piperazine rings is 1. The van der Waals surface area contributed by atoms with Gasteiger partial charge in [0.1, 0.15) is 5.69 Å². The predicted molar refractivity (Wildman–Crippen MR) is 102 cm³/mol. The van der Waals surface area contributed by atoms with Crippen molar-refractivity contribution in [1.82, 2.24) is 4.90 Å². The van der Waals surface area contributed by atoms with Gasteiger partial charge in [-0.3, -0.25) is 14.9 Å². The number of aryl methyl sites for hydroxylation is 2. The van der Waals surface area contributed by atoms with Crippen LogP contribution in [0.3, 0.4) is 0 Å². The molecule has 1 amide bonds. The standard InChI is InChI=1S/C20H20F3N3O3/c1-13-3-5-16(14(2)11-13)19(27)25-9-7-24(8-10-25)17-6-4-15(20(21,22)23)12-18(17)26(28)29/h3-6,11-12H,7-10H2,1-2H3. The number of amides is 1. The van der Waals surface area contributed by atoms with Crippen LogP contribution in [0.4, 0.5) is 24.5 Å². The Kier molecular flexibility index (Phi) is 5.50. The van der Waals surface area contributed by atoms with Crippen molar-refractivity contribution < 1.29 is 22.9 Å². The molecule has 29 heavy (non-hydrogen) atoms. The lowest BCUT2D eigenvalue weighted by Gasteiger charge is -2.36. The largest absolute Gasteiger partial charge is 0.416 e. The van der Waals surface area contributed by atoms with E-state index in [1.165, 1.54) is 0 Å². The van der Waals surface area contributed by atoms with Crippen molar-refractivity contribution in [3.05, 3.63) is 68.8 Å². The molecule has 1 aliphatic heterocycles. The molecule has 0 spiro atoms. The van der Waals surface area contributed by atoms with Crippen LogP contribution in [0.5, 0.6) is 0 Å². The Morgan fingerprint density at radius 3 is 2.24 bits per heavy atom. The van der Waals surface area contributed by atoms with E-state index in [0.717, 1.165) is 23.3 Å². The topological polar surface area (TPSA) is 66.7 Å². The van der Waals surface area contributed by atoms with Crippen molar-refractivity contribution in [2.24, 2.45) is 0 Å². The van der Waals surface area contributed by atoms with Crippen molar-refractivity contribution in [1.29, 1.82) is 0 Å². The van der Waals surface area contributed by atoms with Gasteiger partial charge in [-0.15, -0.1) is 0 Å². The van der Waals surface area contributed by atoms with Gasteiger partial charge in [0.15, 0.2) is 0 Å². The Balaban J connectivity index is 1.77. The fraction of sp³-hybridized carbons (Fsp3) is 0.350. The Hall–Kier alpha value is -3.10. The minimum atomic E-state index is -4.65. The first-order valence-electron chi connectivity index (χ1n) is 9.05. The SMILES string of the molecule is Cc1ccc(C(=O)N2CCN(c3ccc(C(F)(F)F)cc3[N+](=O)[O-])CC2)c(C)c1. The molecule has 2 aromatic carbocycles. The van der Waals surface area contributed by atoms with Crippen LogP contribution >= 0.6 is 0 Å². The van der Waals surface area contributed by atoms with Gasteiger partial charge in [0, 0.05) is 37.8 Å². The highest BCUT2D eigenvalue weighted by Crippen LogP contribution is 2.36. The highest BCUT2D eigenvalue weighted by atomic mass is 19.4. The van der Waals surface area contributed by atoms with Crippen LogP contribution in [-0.2, 0) is 6.18 Å². The number of nitro benzene ring substituents is 1. The second-order valence-electron chi connectivity index (χ2n) is 7.06. The van der Waals surface area contributed by atoms with Crippen LogP contribution in [0.15, 0.2) is 36.4 Å². The first-order valence-corrected chi connectivity index (χ1v) is 9.05. The minimum absolute atomic E-state index is 0.121. The molecule has 1 saturated heterocycles. The second-order valence-corrected chi connectivity index (χ2v) is 7.06. The van der Waals surface area contributed by atoms with Gasteiger partial charge in [0.05, 0.1) is 10.5 Å². The van der Waals surface area contributed by atoms with Crippen LogP contribution in [-0.4, -0.2) is 41.9 Å². The van der Waals surface area contributed by atoms with Gasteiger partial charge in [0.2, 0.25) is 0 Å². The molecule has 0 N–H and O–H groups in total. The summed E-state index contributed by atoms with van der Waals surface area (Å²) < 4.78 is 38.7. The molecule has 6 nitrogen and oxygen atoms in total. The van der Waals surface area contributed by atoms with Crippen molar-refractivity contribution in [2.45, 2.75) is 20.0 Å². The van der Waals surface area contributed by atoms with Crippen LogP contribution < -0.4 is 4.90 Å². The third-order valence-corrected chi connectivity index (χ3v) is 5.02. The van der Waals surface area contributed by atoms with E-state index in [4.69, 9.17) is 0 Å². The van der Waals surface area contributed by atoms with E-state index in [1.54, 1.807) is 15.9 Å². The molecular formula is C20H20F3N3O3. The average molecular weight is 407 g/mol. The molecule has 0 radical (unpaired) electrons. The average Bonchev–Trinajstić information content (AvgIpc) is 2.66. The summed E-state index contributed by atoms with van der Waals surface area (Å²) in [5.74, 6) is -0.121. The number of nitro groups is 1. The second kappa shape index (κ2) is 7.73. The number of hydrogen-bond acceptors (Lipinski definition) is 4. The molecule has 9 heteroatoms. The highest BCUT2D eigenvalue weighted by molar-refractivity contribution is 5.95.